The van der Waals surface area contributed by atoms with Gasteiger partial charge in [-0.3, -0.25) is 0 Å². The molecule has 1 heterocycles. The Morgan fingerprint density at radius 1 is 1.16 bits per heavy atom. The summed E-state index contributed by atoms with van der Waals surface area (Å²) in [7, 11) is 0. The Morgan fingerprint density at radius 3 is 2.16 bits per heavy atom. The first-order valence-electron chi connectivity index (χ1n) is 6.83. The van der Waals surface area contributed by atoms with Crippen LogP contribution in [0.4, 0.5) is 10.2 Å². The Hall–Kier alpha value is -0.900. The molecule has 0 aliphatic heterocycles. The minimum atomic E-state index is -0.406. The van der Waals surface area contributed by atoms with Crippen LogP contribution < -0.4 is 4.90 Å². The molecule has 108 valence electrons. The second kappa shape index (κ2) is 7.63. The van der Waals surface area contributed by atoms with Gasteiger partial charge in [-0.2, -0.15) is 4.98 Å². The minimum absolute atomic E-state index is 0.0930. The monoisotopic (exact) mass is 287 g/mol. The summed E-state index contributed by atoms with van der Waals surface area (Å²) in [6, 6.07) is 0. The van der Waals surface area contributed by atoms with Crippen molar-refractivity contribution in [2.75, 3.05) is 18.0 Å². The van der Waals surface area contributed by atoms with Gasteiger partial charge < -0.3 is 4.90 Å². The zero-order valence-electron chi connectivity index (χ0n) is 12.2. The van der Waals surface area contributed by atoms with E-state index in [0.29, 0.717) is 17.7 Å². The van der Waals surface area contributed by atoms with Gasteiger partial charge in [-0.05, 0) is 36.3 Å². The van der Waals surface area contributed by atoms with Gasteiger partial charge in [0, 0.05) is 13.1 Å². The molecule has 0 aromatic carbocycles. The summed E-state index contributed by atoms with van der Waals surface area (Å²) in [4.78, 5) is 9.67. The lowest BCUT2D eigenvalue weighted by molar-refractivity contribution is 0.521. The Labute approximate surface area is 120 Å². The zero-order chi connectivity index (χ0) is 14.4. The maximum Gasteiger partial charge on any atom is 0.224 e. The fourth-order valence-corrected chi connectivity index (χ4v) is 1.84. The quantitative estimate of drug-likeness (QED) is 0.705. The van der Waals surface area contributed by atoms with Crippen LogP contribution in [0.3, 0.4) is 0 Å². The molecule has 1 aromatic rings. The second-order valence-electron chi connectivity index (χ2n) is 5.66. The van der Waals surface area contributed by atoms with Gasteiger partial charge in [0.2, 0.25) is 5.28 Å². The molecule has 0 N–H and O–H groups in total. The first kappa shape index (κ1) is 16.2. The van der Waals surface area contributed by atoms with Gasteiger partial charge in [-0.25, -0.2) is 9.37 Å². The van der Waals surface area contributed by atoms with Crippen molar-refractivity contribution in [1.29, 1.82) is 0 Å². The van der Waals surface area contributed by atoms with Crippen LogP contribution in [0.2, 0.25) is 5.28 Å². The summed E-state index contributed by atoms with van der Waals surface area (Å²) in [6.45, 7) is 10.2. The Bertz CT molecular complexity index is 384. The van der Waals surface area contributed by atoms with E-state index in [1.54, 1.807) is 0 Å². The molecule has 0 bridgehead atoms. The predicted octanol–water partition coefficient (Wildman–Crippen LogP) is 4.17. The highest BCUT2D eigenvalue weighted by atomic mass is 35.5. The van der Waals surface area contributed by atoms with E-state index in [9.17, 15) is 4.39 Å². The van der Waals surface area contributed by atoms with Crippen molar-refractivity contribution in [3.63, 3.8) is 0 Å². The molecular weight excluding hydrogens is 265 g/mol. The van der Waals surface area contributed by atoms with Gasteiger partial charge in [0.15, 0.2) is 11.6 Å². The number of aromatic nitrogens is 2. The summed E-state index contributed by atoms with van der Waals surface area (Å²) in [5.41, 5.74) is 0. The summed E-state index contributed by atoms with van der Waals surface area (Å²) in [5.74, 6) is 1.06. The topological polar surface area (TPSA) is 29.0 Å². The number of hydrogen-bond donors (Lipinski definition) is 0. The lowest BCUT2D eigenvalue weighted by Crippen LogP contribution is -2.29. The molecule has 0 spiro atoms. The third kappa shape index (κ3) is 5.72. The second-order valence-corrected chi connectivity index (χ2v) is 6.00. The fraction of sp³-hybridized carbons (Fsp3) is 0.714. The van der Waals surface area contributed by atoms with E-state index in [1.807, 2.05) is 4.90 Å². The number of nitrogens with zero attached hydrogens (tertiary/aromatic N) is 3. The van der Waals surface area contributed by atoms with E-state index in [-0.39, 0.29) is 5.28 Å². The van der Waals surface area contributed by atoms with E-state index in [4.69, 9.17) is 11.6 Å². The average molecular weight is 288 g/mol. The number of anilines is 1. The van der Waals surface area contributed by atoms with Gasteiger partial charge in [0.05, 0.1) is 6.20 Å². The van der Waals surface area contributed by atoms with Crippen molar-refractivity contribution in [2.45, 2.75) is 40.5 Å². The Balaban J connectivity index is 2.83. The van der Waals surface area contributed by atoms with Crippen molar-refractivity contribution in [1.82, 2.24) is 9.97 Å². The highest BCUT2D eigenvalue weighted by Crippen LogP contribution is 2.20. The molecule has 1 aromatic heterocycles. The summed E-state index contributed by atoms with van der Waals surface area (Å²) in [5, 5.41) is 0.0930. The summed E-state index contributed by atoms with van der Waals surface area (Å²) >= 11 is 5.77. The number of halogens is 2. The molecule has 5 heteroatoms. The smallest absolute Gasteiger partial charge is 0.224 e. The van der Waals surface area contributed by atoms with Crippen LogP contribution in [0.15, 0.2) is 6.20 Å². The number of rotatable bonds is 7. The van der Waals surface area contributed by atoms with Crippen molar-refractivity contribution >= 4 is 17.4 Å². The third-order valence-corrected chi connectivity index (χ3v) is 3.13. The lowest BCUT2D eigenvalue weighted by Gasteiger charge is -2.25. The highest BCUT2D eigenvalue weighted by Gasteiger charge is 2.15. The predicted molar refractivity (Wildman–Crippen MR) is 78.1 cm³/mol. The molecule has 0 saturated carbocycles. The van der Waals surface area contributed by atoms with E-state index >= 15 is 0 Å². The summed E-state index contributed by atoms with van der Waals surface area (Å²) in [6.07, 6.45) is 3.14. The van der Waals surface area contributed by atoms with Crippen LogP contribution >= 0.6 is 11.6 Å². The highest BCUT2D eigenvalue weighted by molar-refractivity contribution is 6.28. The van der Waals surface area contributed by atoms with Crippen LogP contribution in [0, 0.1) is 17.7 Å². The SMILES string of the molecule is CC(C)CCN(CCC(C)C)c1nc(Cl)ncc1F. The molecule has 0 fully saturated rings. The Kier molecular flexibility index (Phi) is 6.49. The molecule has 0 saturated heterocycles. The van der Waals surface area contributed by atoms with Crippen LogP contribution in [-0.4, -0.2) is 23.1 Å². The van der Waals surface area contributed by atoms with Crippen LogP contribution in [0.5, 0.6) is 0 Å². The van der Waals surface area contributed by atoms with E-state index in [0.717, 1.165) is 32.1 Å². The number of hydrogen-bond acceptors (Lipinski definition) is 3. The molecule has 0 aliphatic carbocycles. The molecule has 19 heavy (non-hydrogen) atoms. The summed E-state index contributed by atoms with van der Waals surface area (Å²) < 4.78 is 13.8. The van der Waals surface area contributed by atoms with Crippen LogP contribution in [-0.2, 0) is 0 Å². The standard InChI is InChI=1S/C14H23ClFN3/c1-10(2)5-7-19(8-6-11(3)4)13-12(16)9-17-14(15)18-13/h9-11H,5-8H2,1-4H3. The van der Waals surface area contributed by atoms with E-state index in [1.165, 1.54) is 0 Å². The molecule has 0 atom stereocenters. The largest absolute Gasteiger partial charge is 0.354 e. The third-order valence-electron chi connectivity index (χ3n) is 2.95. The van der Waals surface area contributed by atoms with Gasteiger partial charge in [-0.15, -0.1) is 0 Å². The van der Waals surface area contributed by atoms with E-state index < -0.39 is 5.82 Å². The van der Waals surface area contributed by atoms with Gasteiger partial charge in [-0.1, -0.05) is 27.7 Å². The first-order chi connectivity index (χ1) is 8.90. The van der Waals surface area contributed by atoms with Crippen molar-refractivity contribution < 1.29 is 4.39 Å². The van der Waals surface area contributed by atoms with Crippen LogP contribution in [0.25, 0.3) is 0 Å². The van der Waals surface area contributed by atoms with Gasteiger partial charge in [0.1, 0.15) is 0 Å². The first-order valence-corrected chi connectivity index (χ1v) is 7.21. The average Bonchev–Trinajstić information content (AvgIpc) is 2.32. The lowest BCUT2D eigenvalue weighted by atomic mass is 10.1. The molecule has 0 aliphatic rings. The van der Waals surface area contributed by atoms with Crippen molar-refractivity contribution in [3.8, 4) is 0 Å². The molecule has 0 radical (unpaired) electrons. The normalized spacial score (nSPS) is 11.4. The van der Waals surface area contributed by atoms with E-state index in [2.05, 4.69) is 37.7 Å². The maximum atomic E-state index is 13.8. The van der Waals surface area contributed by atoms with Crippen molar-refractivity contribution in [3.05, 3.63) is 17.3 Å². The minimum Gasteiger partial charge on any atom is -0.354 e. The fourth-order valence-electron chi connectivity index (χ4n) is 1.71. The van der Waals surface area contributed by atoms with Gasteiger partial charge in [0.25, 0.3) is 0 Å². The molecule has 0 amide bonds. The molecule has 3 nitrogen and oxygen atoms in total. The zero-order valence-corrected chi connectivity index (χ0v) is 12.9. The molecular formula is C14H23ClFN3. The molecule has 0 unspecified atom stereocenters. The van der Waals surface area contributed by atoms with Gasteiger partial charge >= 0.3 is 0 Å². The van der Waals surface area contributed by atoms with Crippen LogP contribution in [0.1, 0.15) is 40.5 Å². The maximum absolute atomic E-state index is 13.8. The Morgan fingerprint density at radius 2 is 1.68 bits per heavy atom. The van der Waals surface area contributed by atoms with Crippen molar-refractivity contribution in [2.24, 2.45) is 11.8 Å². The molecule has 1 rings (SSSR count).